The maximum atomic E-state index is 11.8. The number of carbonyl (C=O) groups excluding carboxylic acids is 1. The summed E-state index contributed by atoms with van der Waals surface area (Å²) >= 11 is 0. The van der Waals surface area contributed by atoms with Crippen molar-refractivity contribution >= 4 is 6.09 Å². The Balaban J connectivity index is 2.33. The number of nitrogens with zero attached hydrogens (tertiary/aromatic N) is 1. The van der Waals surface area contributed by atoms with E-state index in [9.17, 15) is 9.90 Å². The number of cyclic esters (lactones) is 1. The molecule has 0 bridgehead atoms. The van der Waals surface area contributed by atoms with Gasteiger partial charge in [-0.2, -0.15) is 0 Å². The molecule has 0 aromatic heterocycles. The molecule has 4 nitrogen and oxygen atoms in total. The third-order valence-corrected chi connectivity index (χ3v) is 3.27. The molecule has 1 saturated heterocycles. The molecule has 17 heavy (non-hydrogen) atoms. The molecule has 92 valence electrons. The number of carbonyl (C=O) groups is 1. The molecule has 0 radical (unpaired) electrons. The number of amides is 1. The lowest BCUT2D eigenvalue weighted by Crippen LogP contribution is -2.52. The molecule has 1 aliphatic heterocycles. The molecule has 0 saturated carbocycles. The number of ether oxygens (including phenoxy) is 1. The Morgan fingerprint density at radius 1 is 1.41 bits per heavy atom. The molecule has 1 aromatic rings. The number of hydrogen-bond acceptors (Lipinski definition) is 3. The van der Waals surface area contributed by atoms with Crippen molar-refractivity contribution in [2.24, 2.45) is 0 Å². The van der Waals surface area contributed by atoms with Crippen LogP contribution >= 0.6 is 0 Å². The normalized spacial score (nSPS) is 19.6. The van der Waals surface area contributed by atoms with Crippen LogP contribution in [0.5, 0.6) is 0 Å². The van der Waals surface area contributed by atoms with Gasteiger partial charge in [-0.1, -0.05) is 30.3 Å². The molecule has 0 spiro atoms. The number of aliphatic hydroxyl groups excluding tert-OH is 1. The summed E-state index contributed by atoms with van der Waals surface area (Å²) in [4.78, 5) is 13.4. The predicted molar refractivity (Wildman–Crippen MR) is 63.6 cm³/mol. The molecule has 1 heterocycles. The molecule has 2 rings (SSSR count). The number of aliphatic hydroxyl groups is 1. The van der Waals surface area contributed by atoms with Gasteiger partial charge in [-0.25, -0.2) is 4.79 Å². The van der Waals surface area contributed by atoms with Crippen molar-refractivity contribution in [3.63, 3.8) is 0 Å². The van der Waals surface area contributed by atoms with Gasteiger partial charge in [0, 0.05) is 6.54 Å². The average molecular weight is 235 g/mol. The van der Waals surface area contributed by atoms with E-state index in [1.54, 1.807) is 4.90 Å². The lowest BCUT2D eigenvalue weighted by molar-refractivity contribution is -0.000615. The molecular weight excluding hydrogens is 218 g/mol. The second-order valence-corrected chi connectivity index (χ2v) is 4.42. The van der Waals surface area contributed by atoms with Crippen molar-refractivity contribution in [1.29, 1.82) is 0 Å². The van der Waals surface area contributed by atoms with Gasteiger partial charge in [-0.15, -0.1) is 0 Å². The largest absolute Gasteiger partial charge is 0.449 e. The van der Waals surface area contributed by atoms with E-state index in [0.29, 0.717) is 13.2 Å². The van der Waals surface area contributed by atoms with Gasteiger partial charge in [0.2, 0.25) is 0 Å². The maximum Gasteiger partial charge on any atom is 0.410 e. The highest BCUT2D eigenvalue weighted by Crippen LogP contribution is 2.30. The quantitative estimate of drug-likeness (QED) is 0.868. The minimum Gasteiger partial charge on any atom is -0.449 e. The SMILES string of the molecule is CC(CO)(c1ccccc1)N1CCCOC1=O. The van der Waals surface area contributed by atoms with Crippen LogP contribution < -0.4 is 0 Å². The summed E-state index contributed by atoms with van der Waals surface area (Å²) < 4.78 is 5.04. The van der Waals surface area contributed by atoms with Gasteiger partial charge < -0.3 is 9.84 Å². The Bertz CT molecular complexity index is 393. The lowest BCUT2D eigenvalue weighted by atomic mass is 9.90. The fraction of sp³-hybridized carbons (Fsp3) is 0.462. The molecule has 1 atom stereocenters. The molecule has 4 heteroatoms. The number of rotatable bonds is 3. The molecule has 1 unspecified atom stereocenters. The van der Waals surface area contributed by atoms with Crippen molar-refractivity contribution in [2.45, 2.75) is 18.9 Å². The first kappa shape index (κ1) is 11.9. The summed E-state index contributed by atoms with van der Waals surface area (Å²) in [5.41, 5.74) is 0.208. The van der Waals surface area contributed by atoms with Crippen LogP contribution in [0.15, 0.2) is 30.3 Å². The van der Waals surface area contributed by atoms with Crippen LogP contribution in [0, 0.1) is 0 Å². The molecule has 1 aliphatic rings. The average Bonchev–Trinajstić information content (AvgIpc) is 2.39. The summed E-state index contributed by atoms with van der Waals surface area (Å²) in [6.45, 7) is 2.82. The van der Waals surface area contributed by atoms with E-state index >= 15 is 0 Å². The highest BCUT2D eigenvalue weighted by Gasteiger charge is 2.38. The van der Waals surface area contributed by atoms with Crippen LogP contribution in [0.4, 0.5) is 4.79 Å². The topological polar surface area (TPSA) is 49.8 Å². The first-order chi connectivity index (χ1) is 8.18. The number of benzene rings is 1. The van der Waals surface area contributed by atoms with Gasteiger partial charge in [-0.05, 0) is 18.9 Å². The van der Waals surface area contributed by atoms with Gasteiger partial charge in [0.15, 0.2) is 0 Å². The molecule has 1 N–H and O–H groups in total. The van der Waals surface area contributed by atoms with Crippen molar-refractivity contribution < 1.29 is 14.6 Å². The Morgan fingerprint density at radius 2 is 2.12 bits per heavy atom. The fourth-order valence-electron chi connectivity index (χ4n) is 2.13. The molecular formula is C13H17NO3. The van der Waals surface area contributed by atoms with E-state index in [1.165, 1.54) is 0 Å². The molecule has 0 aliphatic carbocycles. The van der Waals surface area contributed by atoms with E-state index in [2.05, 4.69) is 0 Å². The van der Waals surface area contributed by atoms with Crippen LogP contribution in [0.25, 0.3) is 0 Å². The van der Waals surface area contributed by atoms with Crippen molar-refractivity contribution in [3.8, 4) is 0 Å². The van der Waals surface area contributed by atoms with Gasteiger partial charge in [0.25, 0.3) is 0 Å². The van der Waals surface area contributed by atoms with Gasteiger partial charge in [-0.3, -0.25) is 4.90 Å². The standard InChI is InChI=1S/C13H17NO3/c1-13(10-15,11-6-3-2-4-7-11)14-8-5-9-17-12(14)16/h2-4,6-7,15H,5,8-10H2,1H3. The zero-order valence-corrected chi connectivity index (χ0v) is 9.93. The summed E-state index contributed by atoms with van der Waals surface area (Å²) in [5, 5.41) is 9.66. The Labute approximate surface area is 101 Å². The van der Waals surface area contributed by atoms with E-state index in [-0.39, 0.29) is 12.7 Å². The second kappa shape index (κ2) is 4.75. The van der Waals surface area contributed by atoms with Crippen molar-refractivity contribution in [3.05, 3.63) is 35.9 Å². The van der Waals surface area contributed by atoms with Crippen LogP contribution in [-0.2, 0) is 10.3 Å². The summed E-state index contributed by atoms with van der Waals surface area (Å²) in [5.74, 6) is 0. The summed E-state index contributed by atoms with van der Waals surface area (Å²) in [6.07, 6.45) is 0.449. The zero-order valence-electron chi connectivity index (χ0n) is 9.93. The minimum absolute atomic E-state index is 0.119. The Kier molecular flexibility index (Phi) is 3.33. The highest BCUT2D eigenvalue weighted by atomic mass is 16.6. The van der Waals surface area contributed by atoms with Gasteiger partial charge >= 0.3 is 6.09 Å². The summed E-state index contributed by atoms with van der Waals surface area (Å²) in [7, 11) is 0. The van der Waals surface area contributed by atoms with Gasteiger partial charge in [0.05, 0.1) is 18.8 Å². The van der Waals surface area contributed by atoms with E-state index in [4.69, 9.17) is 4.74 Å². The van der Waals surface area contributed by atoms with E-state index in [0.717, 1.165) is 12.0 Å². The molecule has 1 fully saturated rings. The fourth-order valence-corrected chi connectivity index (χ4v) is 2.13. The van der Waals surface area contributed by atoms with Crippen LogP contribution in [0.3, 0.4) is 0 Å². The highest BCUT2D eigenvalue weighted by molar-refractivity contribution is 5.69. The third-order valence-electron chi connectivity index (χ3n) is 3.27. The monoisotopic (exact) mass is 235 g/mol. The Morgan fingerprint density at radius 3 is 2.71 bits per heavy atom. The number of hydrogen-bond donors (Lipinski definition) is 1. The predicted octanol–water partition coefficient (Wildman–Crippen LogP) is 1.74. The third kappa shape index (κ3) is 2.13. The Hall–Kier alpha value is -1.55. The first-order valence-electron chi connectivity index (χ1n) is 5.79. The van der Waals surface area contributed by atoms with E-state index < -0.39 is 5.54 Å². The van der Waals surface area contributed by atoms with Crippen LogP contribution in [-0.4, -0.2) is 35.9 Å². The van der Waals surface area contributed by atoms with Crippen LogP contribution in [0.2, 0.25) is 0 Å². The molecule has 1 aromatic carbocycles. The van der Waals surface area contributed by atoms with Gasteiger partial charge in [0.1, 0.15) is 0 Å². The smallest absolute Gasteiger partial charge is 0.410 e. The second-order valence-electron chi connectivity index (χ2n) is 4.42. The van der Waals surface area contributed by atoms with Crippen molar-refractivity contribution in [1.82, 2.24) is 4.90 Å². The zero-order chi connectivity index (χ0) is 12.3. The van der Waals surface area contributed by atoms with E-state index in [1.807, 2.05) is 37.3 Å². The maximum absolute atomic E-state index is 11.8. The molecule has 1 amide bonds. The first-order valence-corrected chi connectivity index (χ1v) is 5.79. The van der Waals surface area contributed by atoms with Crippen LogP contribution in [0.1, 0.15) is 18.9 Å². The summed E-state index contributed by atoms with van der Waals surface area (Å²) in [6, 6.07) is 9.54. The lowest BCUT2D eigenvalue weighted by Gasteiger charge is -2.41. The minimum atomic E-state index is -0.710. The van der Waals surface area contributed by atoms with Crippen molar-refractivity contribution in [2.75, 3.05) is 19.8 Å².